The van der Waals surface area contributed by atoms with Crippen LogP contribution in [0, 0.1) is 44.8 Å². The van der Waals surface area contributed by atoms with Crippen molar-refractivity contribution in [2.24, 2.45) is 44.8 Å². The van der Waals surface area contributed by atoms with Crippen molar-refractivity contribution in [2.75, 3.05) is 13.2 Å². The van der Waals surface area contributed by atoms with Gasteiger partial charge in [0.05, 0.1) is 48.8 Å². The lowest BCUT2D eigenvalue weighted by molar-refractivity contribution is -0.339. The zero-order valence-corrected chi connectivity index (χ0v) is 33.6. The largest absolute Gasteiger partial charge is 0.394 e. The molecule has 5 aliphatic carbocycles. The van der Waals surface area contributed by atoms with Crippen LogP contribution in [-0.4, -0.2) is 150 Å². The fourth-order valence-electron chi connectivity index (χ4n) is 14.9. The number of aliphatic hydroxyl groups is 9. The summed E-state index contributed by atoms with van der Waals surface area (Å²) in [6.07, 6.45) is -7.48. The number of hydrogen-bond donors (Lipinski definition) is 9. The first kappa shape index (κ1) is 41.2. The van der Waals surface area contributed by atoms with Gasteiger partial charge < -0.3 is 69.6 Å². The predicted molar refractivity (Wildman–Crippen MR) is 194 cm³/mol. The summed E-state index contributed by atoms with van der Waals surface area (Å²) in [6.45, 7) is 13.8. The van der Waals surface area contributed by atoms with Gasteiger partial charge in [-0.15, -0.1) is 0 Å². The maximum absolute atomic E-state index is 12.2. The molecule has 8 aliphatic rings. The van der Waals surface area contributed by atoms with Gasteiger partial charge in [-0.05, 0) is 117 Å². The van der Waals surface area contributed by atoms with Crippen molar-refractivity contribution in [3.05, 3.63) is 0 Å². The van der Waals surface area contributed by atoms with Crippen molar-refractivity contribution in [1.29, 1.82) is 0 Å². The van der Waals surface area contributed by atoms with Crippen LogP contribution in [0.4, 0.5) is 0 Å². The lowest BCUT2D eigenvalue weighted by Crippen LogP contribution is -2.65. The Balaban J connectivity index is 1.15. The minimum absolute atomic E-state index is 0.0633. The minimum atomic E-state index is -1.60. The second kappa shape index (κ2) is 13.2. The van der Waals surface area contributed by atoms with Crippen molar-refractivity contribution < 1.29 is 69.6 Å². The number of fused-ring (bicyclic) bond motifs is 2. The third-order valence-electron chi connectivity index (χ3n) is 17.6. The fraction of sp³-hybridized carbons (Fsp3) is 1.00. The fourth-order valence-corrected chi connectivity index (χ4v) is 14.9. The second-order valence-corrected chi connectivity index (χ2v) is 21.1. The van der Waals surface area contributed by atoms with Gasteiger partial charge in [0.1, 0.15) is 42.7 Å². The predicted octanol–water partition coefficient (Wildman–Crippen LogP) is 0.724. The summed E-state index contributed by atoms with van der Waals surface area (Å²) in [4.78, 5) is 0. The standard InChI is InChI=1S/C41H68O14/c1-35(2)24(54-33-29(48)26(45)20(44)17-51-33)9-11-41-18-40(41)13-12-37(5)31(39(7)10-8-25(55-39)36(3,4)50)19(43)15-38(37,6)23(40)14-21(32(35)41)52-34-30(49)28(47)27(46)22(16-42)53-34/h19-34,42-50H,8-18H2,1-7H3/t19-,20-,21-,22-,23-,24-,25+,26+,27-,28+,29-,30-,31+,32-,33+,34-,37-,38+,39-,40+,41-/m1/s1. The normalized spacial score (nSPS) is 58.7. The van der Waals surface area contributed by atoms with E-state index in [2.05, 4.69) is 34.6 Å². The summed E-state index contributed by atoms with van der Waals surface area (Å²) in [5.41, 5.74) is -3.16. The van der Waals surface area contributed by atoms with Gasteiger partial charge in [0, 0.05) is 5.92 Å². The van der Waals surface area contributed by atoms with Crippen LogP contribution in [0.25, 0.3) is 0 Å². The smallest absolute Gasteiger partial charge is 0.186 e. The summed E-state index contributed by atoms with van der Waals surface area (Å²) in [5.74, 6) is -0.215. The third-order valence-corrected chi connectivity index (χ3v) is 17.6. The van der Waals surface area contributed by atoms with Crippen LogP contribution in [0.2, 0.25) is 0 Å². The first-order chi connectivity index (χ1) is 25.5. The Morgan fingerprint density at radius 1 is 0.709 bits per heavy atom. The van der Waals surface area contributed by atoms with Crippen LogP contribution in [-0.2, 0) is 23.7 Å². The van der Waals surface area contributed by atoms with E-state index in [4.69, 9.17) is 23.7 Å². The second-order valence-electron chi connectivity index (χ2n) is 21.1. The van der Waals surface area contributed by atoms with E-state index in [1.807, 2.05) is 0 Å². The molecule has 21 atom stereocenters. The Hall–Kier alpha value is -0.560. The zero-order chi connectivity index (χ0) is 40.1. The Morgan fingerprint density at radius 2 is 1.40 bits per heavy atom. The number of aliphatic hydroxyl groups excluding tert-OH is 8. The van der Waals surface area contributed by atoms with E-state index < -0.39 is 96.8 Å². The van der Waals surface area contributed by atoms with Crippen LogP contribution in [0.15, 0.2) is 0 Å². The maximum Gasteiger partial charge on any atom is 0.186 e. The van der Waals surface area contributed by atoms with Crippen LogP contribution in [0.5, 0.6) is 0 Å². The molecule has 0 aromatic carbocycles. The third kappa shape index (κ3) is 5.70. The Morgan fingerprint density at radius 3 is 2.05 bits per heavy atom. The lowest BCUT2D eigenvalue weighted by atomic mass is 9.41. The SMILES string of the molecule is CC(C)(O)[C@@H]1CC[C@](C)([C@H]2[C@H](O)C[C@@]3(C)[C@H]4C[C@@H](O[C@@H]5O[C@H](CO)[C@@H](O)[C@H](O)[C@H]5O)[C@@H]5C(C)(C)[C@H](O[C@@H]6OC[C@@H](O)[C@H](O)[C@H]6O)CC[C@@]56C[C@@]46CC[C@]23C)O1. The molecule has 3 aliphatic heterocycles. The Bertz CT molecular complexity index is 1460. The van der Waals surface area contributed by atoms with E-state index in [1.54, 1.807) is 13.8 Å². The van der Waals surface area contributed by atoms with Gasteiger partial charge >= 0.3 is 0 Å². The Kier molecular flexibility index (Phi) is 9.90. The highest BCUT2D eigenvalue weighted by Crippen LogP contribution is 2.89. The van der Waals surface area contributed by atoms with E-state index in [0.29, 0.717) is 25.7 Å². The average molecular weight is 785 g/mol. The molecule has 2 spiro atoms. The summed E-state index contributed by atoms with van der Waals surface area (Å²) >= 11 is 0. The number of rotatable bonds is 7. The van der Waals surface area contributed by atoms with Crippen LogP contribution >= 0.6 is 0 Å². The number of hydrogen-bond acceptors (Lipinski definition) is 14. The molecule has 0 amide bonds. The van der Waals surface area contributed by atoms with Gasteiger partial charge in [0.2, 0.25) is 0 Å². The van der Waals surface area contributed by atoms with E-state index in [0.717, 1.165) is 32.1 Å². The van der Waals surface area contributed by atoms with Crippen LogP contribution < -0.4 is 0 Å². The summed E-state index contributed by atoms with van der Waals surface area (Å²) < 4.78 is 31.9. The minimum Gasteiger partial charge on any atom is -0.394 e. The summed E-state index contributed by atoms with van der Waals surface area (Å²) in [5, 5.41) is 97.2. The maximum atomic E-state index is 12.2. The molecule has 8 rings (SSSR count). The Labute approximate surface area is 324 Å². The molecule has 316 valence electrons. The molecule has 3 saturated heterocycles. The molecule has 14 nitrogen and oxygen atoms in total. The first-order valence-electron chi connectivity index (χ1n) is 20.9. The van der Waals surface area contributed by atoms with Gasteiger partial charge in [-0.25, -0.2) is 0 Å². The van der Waals surface area contributed by atoms with Gasteiger partial charge in [0.25, 0.3) is 0 Å². The highest BCUT2D eigenvalue weighted by molar-refractivity contribution is 5.33. The highest BCUT2D eigenvalue weighted by atomic mass is 16.7. The molecule has 0 aromatic rings. The van der Waals surface area contributed by atoms with Gasteiger partial charge in [-0.1, -0.05) is 27.7 Å². The number of ether oxygens (including phenoxy) is 5. The topological polar surface area (TPSA) is 228 Å². The molecule has 55 heavy (non-hydrogen) atoms. The molecule has 3 heterocycles. The summed E-state index contributed by atoms with van der Waals surface area (Å²) in [6, 6.07) is 0. The van der Waals surface area contributed by atoms with Crippen LogP contribution in [0.3, 0.4) is 0 Å². The highest BCUT2D eigenvalue weighted by Gasteiger charge is 2.85. The molecule has 0 unspecified atom stereocenters. The van der Waals surface area contributed by atoms with E-state index >= 15 is 0 Å². The quantitative estimate of drug-likeness (QED) is 0.162. The van der Waals surface area contributed by atoms with Crippen molar-refractivity contribution in [3.8, 4) is 0 Å². The van der Waals surface area contributed by atoms with Crippen molar-refractivity contribution in [2.45, 2.75) is 197 Å². The van der Waals surface area contributed by atoms with Gasteiger partial charge in [-0.2, -0.15) is 0 Å². The molecular formula is C41H68O14. The van der Waals surface area contributed by atoms with Crippen molar-refractivity contribution in [3.63, 3.8) is 0 Å². The first-order valence-corrected chi connectivity index (χ1v) is 20.9. The monoisotopic (exact) mass is 784 g/mol. The molecule has 5 saturated carbocycles. The molecule has 0 aromatic heterocycles. The molecular weight excluding hydrogens is 716 g/mol. The van der Waals surface area contributed by atoms with Gasteiger partial charge in [0.15, 0.2) is 12.6 Å². The van der Waals surface area contributed by atoms with E-state index in [1.165, 1.54) is 0 Å². The molecule has 0 radical (unpaired) electrons. The molecule has 9 N–H and O–H groups in total. The lowest BCUT2D eigenvalue weighted by Gasteiger charge is -2.65. The van der Waals surface area contributed by atoms with E-state index in [9.17, 15) is 46.0 Å². The zero-order valence-electron chi connectivity index (χ0n) is 33.6. The molecule has 8 fully saturated rings. The summed E-state index contributed by atoms with van der Waals surface area (Å²) in [7, 11) is 0. The van der Waals surface area contributed by atoms with Crippen molar-refractivity contribution in [1.82, 2.24) is 0 Å². The van der Waals surface area contributed by atoms with Crippen molar-refractivity contribution >= 4 is 0 Å². The van der Waals surface area contributed by atoms with E-state index in [-0.39, 0.29) is 52.1 Å². The van der Waals surface area contributed by atoms with Crippen LogP contribution in [0.1, 0.15) is 106 Å². The molecule has 14 heteroatoms. The molecule has 0 bridgehead atoms. The average Bonchev–Trinajstić information content (AvgIpc) is 3.47. The van der Waals surface area contributed by atoms with Gasteiger partial charge in [-0.3, -0.25) is 0 Å².